The SMILES string of the molecule is CC(N=C1NC(=O)N(C(C)C)CC1C=O)c1ccccc1O. The number of para-hydroxylation sites is 1. The van der Waals surface area contributed by atoms with E-state index in [1.165, 1.54) is 0 Å². The van der Waals surface area contributed by atoms with Crippen LogP contribution in [0.5, 0.6) is 5.75 Å². The second-order valence-electron chi connectivity index (χ2n) is 5.67. The zero-order chi connectivity index (χ0) is 16.3. The van der Waals surface area contributed by atoms with Gasteiger partial charge in [-0.2, -0.15) is 0 Å². The highest BCUT2D eigenvalue weighted by atomic mass is 16.3. The van der Waals surface area contributed by atoms with Crippen molar-refractivity contribution < 1.29 is 14.7 Å². The molecule has 1 heterocycles. The van der Waals surface area contributed by atoms with Gasteiger partial charge in [0.15, 0.2) is 0 Å². The third-order valence-corrected chi connectivity index (χ3v) is 3.75. The Hall–Kier alpha value is -2.37. The zero-order valence-electron chi connectivity index (χ0n) is 13.0. The van der Waals surface area contributed by atoms with Crippen molar-refractivity contribution in [2.45, 2.75) is 32.9 Å². The standard InChI is InChI=1S/C16H21N3O3/c1-10(2)19-8-12(9-20)15(18-16(19)22)17-11(3)13-6-4-5-7-14(13)21/h4-7,9-12,21H,8H2,1-3H3,(H,17,18,22). The topological polar surface area (TPSA) is 82.0 Å². The van der Waals surface area contributed by atoms with E-state index in [1.807, 2.05) is 26.8 Å². The van der Waals surface area contributed by atoms with Gasteiger partial charge in [0.05, 0.1) is 12.0 Å². The summed E-state index contributed by atoms with van der Waals surface area (Å²) in [7, 11) is 0. The molecule has 0 bridgehead atoms. The molecule has 0 spiro atoms. The fraction of sp³-hybridized carbons (Fsp3) is 0.438. The van der Waals surface area contributed by atoms with E-state index in [1.54, 1.807) is 23.1 Å². The van der Waals surface area contributed by atoms with E-state index in [2.05, 4.69) is 10.3 Å². The van der Waals surface area contributed by atoms with Crippen molar-refractivity contribution in [2.75, 3.05) is 6.54 Å². The predicted molar refractivity (Wildman–Crippen MR) is 83.9 cm³/mol. The number of nitrogens with zero attached hydrogens (tertiary/aromatic N) is 2. The highest BCUT2D eigenvalue weighted by molar-refractivity contribution is 6.07. The van der Waals surface area contributed by atoms with Gasteiger partial charge in [-0.15, -0.1) is 0 Å². The molecular weight excluding hydrogens is 282 g/mol. The van der Waals surface area contributed by atoms with Crippen LogP contribution in [-0.2, 0) is 4.79 Å². The van der Waals surface area contributed by atoms with Gasteiger partial charge in [-0.1, -0.05) is 18.2 Å². The minimum absolute atomic E-state index is 0.0135. The van der Waals surface area contributed by atoms with Crippen molar-refractivity contribution in [3.05, 3.63) is 29.8 Å². The number of amidine groups is 1. The number of carbonyl (C=O) groups is 2. The van der Waals surface area contributed by atoms with Crippen molar-refractivity contribution in [1.82, 2.24) is 10.2 Å². The number of aromatic hydroxyl groups is 1. The molecule has 0 aromatic heterocycles. The van der Waals surface area contributed by atoms with Crippen LogP contribution in [0.4, 0.5) is 4.79 Å². The normalized spacial score (nSPS) is 21.8. The lowest BCUT2D eigenvalue weighted by molar-refractivity contribution is -0.109. The van der Waals surface area contributed by atoms with Crippen LogP contribution in [0.1, 0.15) is 32.4 Å². The minimum Gasteiger partial charge on any atom is -0.508 e. The molecule has 2 atom stereocenters. The van der Waals surface area contributed by atoms with Crippen LogP contribution >= 0.6 is 0 Å². The first-order valence-electron chi connectivity index (χ1n) is 7.32. The maximum atomic E-state index is 12.1. The van der Waals surface area contributed by atoms with E-state index in [0.717, 1.165) is 6.29 Å². The lowest BCUT2D eigenvalue weighted by Gasteiger charge is -2.35. The van der Waals surface area contributed by atoms with Crippen molar-refractivity contribution in [2.24, 2.45) is 10.9 Å². The van der Waals surface area contributed by atoms with Gasteiger partial charge in [0, 0.05) is 18.2 Å². The third-order valence-electron chi connectivity index (χ3n) is 3.75. The Morgan fingerprint density at radius 3 is 2.64 bits per heavy atom. The van der Waals surface area contributed by atoms with Crippen LogP contribution in [0.25, 0.3) is 0 Å². The van der Waals surface area contributed by atoms with Gasteiger partial charge < -0.3 is 14.8 Å². The number of hydrogen-bond acceptors (Lipinski definition) is 4. The Kier molecular flexibility index (Phi) is 4.80. The van der Waals surface area contributed by atoms with E-state index < -0.39 is 5.92 Å². The number of amides is 2. The first-order chi connectivity index (χ1) is 10.4. The van der Waals surface area contributed by atoms with Gasteiger partial charge in [0.25, 0.3) is 0 Å². The van der Waals surface area contributed by atoms with Crippen molar-refractivity contribution in [1.29, 1.82) is 0 Å². The maximum Gasteiger partial charge on any atom is 0.323 e. The highest BCUT2D eigenvalue weighted by Crippen LogP contribution is 2.26. The second-order valence-corrected chi connectivity index (χ2v) is 5.67. The summed E-state index contributed by atoms with van der Waals surface area (Å²) in [6, 6.07) is 6.30. The van der Waals surface area contributed by atoms with Crippen LogP contribution in [0.2, 0.25) is 0 Å². The lowest BCUT2D eigenvalue weighted by atomic mass is 10.0. The molecular formula is C16H21N3O3. The molecule has 0 radical (unpaired) electrons. The molecule has 1 aromatic carbocycles. The van der Waals surface area contributed by atoms with Crippen LogP contribution in [0.15, 0.2) is 29.3 Å². The molecule has 1 aliphatic heterocycles. The van der Waals surface area contributed by atoms with E-state index in [-0.39, 0.29) is 23.9 Å². The average molecular weight is 303 g/mol. The summed E-state index contributed by atoms with van der Waals surface area (Å²) in [6.45, 7) is 5.92. The van der Waals surface area contributed by atoms with Gasteiger partial charge in [-0.3, -0.25) is 10.3 Å². The Bertz CT molecular complexity index is 598. The molecule has 22 heavy (non-hydrogen) atoms. The first kappa shape index (κ1) is 16.0. The molecule has 2 rings (SSSR count). The number of aliphatic imine (C=N–C) groups is 1. The van der Waals surface area contributed by atoms with E-state index in [4.69, 9.17) is 0 Å². The molecule has 2 amide bonds. The molecule has 1 saturated heterocycles. The number of aldehydes is 1. The largest absolute Gasteiger partial charge is 0.508 e. The second kappa shape index (κ2) is 6.60. The summed E-state index contributed by atoms with van der Waals surface area (Å²) in [5.41, 5.74) is 0.653. The molecule has 6 heteroatoms. The quantitative estimate of drug-likeness (QED) is 0.836. The van der Waals surface area contributed by atoms with Crippen LogP contribution in [0, 0.1) is 5.92 Å². The summed E-state index contributed by atoms with van der Waals surface area (Å²) in [4.78, 5) is 29.4. The molecule has 0 aliphatic carbocycles. The lowest BCUT2D eigenvalue weighted by Crippen LogP contribution is -2.57. The molecule has 2 unspecified atom stereocenters. The Balaban J connectivity index is 2.25. The van der Waals surface area contributed by atoms with E-state index >= 15 is 0 Å². The van der Waals surface area contributed by atoms with Crippen LogP contribution in [-0.4, -0.2) is 40.7 Å². The third kappa shape index (κ3) is 3.27. The summed E-state index contributed by atoms with van der Waals surface area (Å²) >= 11 is 0. The Labute approximate surface area is 129 Å². The number of hydrogen-bond donors (Lipinski definition) is 2. The minimum atomic E-state index is -0.478. The predicted octanol–water partition coefficient (Wildman–Crippen LogP) is 2.10. The number of carbonyl (C=O) groups excluding carboxylic acids is 2. The molecule has 0 saturated carbocycles. The Morgan fingerprint density at radius 2 is 2.05 bits per heavy atom. The van der Waals surface area contributed by atoms with Gasteiger partial charge in [0.2, 0.25) is 0 Å². The number of phenolic OH excluding ortho intramolecular Hbond substituents is 1. The summed E-state index contributed by atoms with van der Waals surface area (Å²) in [5.74, 6) is 0.0222. The summed E-state index contributed by atoms with van der Waals surface area (Å²) in [5, 5.41) is 12.6. The van der Waals surface area contributed by atoms with Gasteiger partial charge >= 0.3 is 6.03 Å². The first-order valence-corrected chi connectivity index (χ1v) is 7.32. The maximum absolute atomic E-state index is 12.1. The van der Waals surface area contributed by atoms with Crippen molar-refractivity contribution >= 4 is 18.2 Å². The molecule has 1 aromatic rings. The summed E-state index contributed by atoms with van der Waals surface area (Å²) < 4.78 is 0. The smallest absolute Gasteiger partial charge is 0.323 e. The number of phenols is 1. The number of urea groups is 1. The van der Waals surface area contributed by atoms with E-state index in [0.29, 0.717) is 17.9 Å². The number of rotatable bonds is 4. The van der Waals surface area contributed by atoms with Crippen LogP contribution < -0.4 is 5.32 Å². The van der Waals surface area contributed by atoms with Gasteiger partial charge in [-0.05, 0) is 26.8 Å². The molecule has 1 aliphatic rings. The highest BCUT2D eigenvalue weighted by Gasteiger charge is 2.32. The average Bonchev–Trinajstić information content (AvgIpc) is 2.47. The fourth-order valence-corrected chi connectivity index (χ4v) is 2.46. The molecule has 118 valence electrons. The van der Waals surface area contributed by atoms with Crippen molar-refractivity contribution in [3.8, 4) is 5.75 Å². The molecule has 2 N–H and O–H groups in total. The molecule has 1 fully saturated rings. The van der Waals surface area contributed by atoms with Gasteiger partial charge in [0.1, 0.15) is 17.9 Å². The Morgan fingerprint density at radius 1 is 1.36 bits per heavy atom. The summed E-state index contributed by atoms with van der Waals surface area (Å²) in [6.07, 6.45) is 0.797. The van der Waals surface area contributed by atoms with Gasteiger partial charge in [-0.25, -0.2) is 4.79 Å². The molecule has 6 nitrogen and oxygen atoms in total. The van der Waals surface area contributed by atoms with Crippen LogP contribution in [0.3, 0.4) is 0 Å². The number of benzene rings is 1. The van der Waals surface area contributed by atoms with E-state index in [9.17, 15) is 14.7 Å². The monoisotopic (exact) mass is 303 g/mol. The zero-order valence-corrected chi connectivity index (χ0v) is 13.0. The van der Waals surface area contributed by atoms with Crippen molar-refractivity contribution in [3.63, 3.8) is 0 Å². The fourth-order valence-electron chi connectivity index (χ4n) is 2.46. The number of nitrogens with one attached hydrogen (secondary N) is 1.